The molecule has 0 radical (unpaired) electrons. The average molecular weight is 278 g/mol. The number of hydrogen-bond acceptors (Lipinski definition) is 4. The first kappa shape index (κ1) is 13.2. The van der Waals surface area contributed by atoms with Gasteiger partial charge in [0.1, 0.15) is 11.4 Å². The van der Waals surface area contributed by atoms with E-state index in [0.29, 0.717) is 17.0 Å². The Bertz CT molecular complexity index is 793. The number of benzene rings is 1. The van der Waals surface area contributed by atoms with E-state index in [1.54, 1.807) is 29.5 Å². The molecule has 3 rings (SSSR count). The third-order valence-electron chi connectivity index (χ3n) is 3.27. The van der Waals surface area contributed by atoms with Gasteiger partial charge in [0.15, 0.2) is 6.29 Å². The Morgan fingerprint density at radius 3 is 2.71 bits per heavy atom. The summed E-state index contributed by atoms with van der Waals surface area (Å²) in [5, 5.41) is 4.49. The molecule has 1 aromatic carbocycles. The summed E-state index contributed by atoms with van der Waals surface area (Å²) in [7, 11) is 0. The molecule has 5 nitrogen and oxygen atoms in total. The predicted octanol–water partition coefficient (Wildman–Crippen LogP) is 2.76. The van der Waals surface area contributed by atoms with Gasteiger partial charge in [0, 0.05) is 18.6 Å². The van der Waals surface area contributed by atoms with Crippen LogP contribution in [0.3, 0.4) is 0 Å². The molecule has 0 fully saturated rings. The van der Waals surface area contributed by atoms with Crippen LogP contribution in [0.5, 0.6) is 0 Å². The molecule has 0 amide bonds. The Morgan fingerprint density at radius 1 is 1.19 bits per heavy atom. The fourth-order valence-corrected chi connectivity index (χ4v) is 2.28. The summed E-state index contributed by atoms with van der Waals surface area (Å²) in [5.74, 6) is 0. The molecule has 0 N–H and O–H groups in total. The highest BCUT2D eigenvalue weighted by Gasteiger charge is 2.13. The highest BCUT2D eigenvalue weighted by Crippen LogP contribution is 2.22. The van der Waals surface area contributed by atoms with Gasteiger partial charge in [-0.25, -0.2) is 4.68 Å². The van der Waals surface area contributed by atoms with Crippen molar-refractivity contribution in [3.05, 3.63) is 59.7 Å². The number of hydrogen-bond donors (Lipinski definition) is 0. The van der Waals surface area contributed by atoms with Crippen molar-refractivity contribution in [3.63, 3.8) is 0 Å². The summed E-state index contributed by atoms with van der Waals surface area (Å²) >= 11 is 0. The van der Waals surface area contributed by atoms with Crippen LogP contribution in [-0.2, 0) is 0 Å². The molecule has 2 aromatic heterocycles. The summed E-state index contributed by atoms with van der Waals surface area (Å²) in [4.78, 5) is 19.5. The summed E-state index contributed by atoms with van der Waals surface area (Å²) in [6.07, 6.45) is 7.28. The molecule has 21 heavy (non-hydrogen) atoms. The van der Waals surface area contributed by atoms with Crippen LogP contribution in [-0.4, -0.2) is 26.0 Å². The van der Waals surface area contributed by atoms with E-state index >= 15 is 0 Å². The normalized spacial score (nSPS) is 10.6. The molecular formula is C16H14N4O. The van der Waals surface area contributed by atoms with E-state index in [1.165, 1.54) is 5.56 Å². The van der Waals surface area contributed by atoms with E-state index in [9.17, 15) is 4.79 Å². The largest absolute Gasteiger partial charge is 0.298 e. The molecule has 0 bridgehead atoms. The van der Waals surface area contributed by atoms with E-state index in [2.05, 4.69) is 21.1 Å². The number of aromatic nitrogens is 4. The van der Waals surface area contributed by atoms with E-state index in [-0.39, 0.29) is 0 Å². The van der Waals surface area contributed by atoms with Crippen LogP contribution < -0.4 is 0 Å². The van der Waals surface area contributed by atoms with E-state index in [0.717, 1.165) is 17.5 Å². The van der Waals surface area contributed by atoms with Crippen LogP contribution in [0.15, 0.2) is 43.0 Å². The zero-order chi connectivity index (χ0) is 14.8. The van der Waals surface area contributed by atoms with Crippen molar-refractivity contribution in [1.82, 2.24) is 19.7 Å². The predicted molar refractivity (Wildman–Crippen MR) is 79.5 cm³/mol. The van der Waals surface area contributed by atoms with Crippen LogP contribution >= 0.6 is 0 Å². The SMILES string of the molecule is Cc1ccc(-n2cc(C=O)c(-c3cnccn3)n2)c(C)c1. The minimum absolute atomic E-state index is 0.496. The van der Waals surface area contributed by atoms with Gasteiger partial charge in [-0.05, 0) is 25.5 Å². The molecule has 0 atom stereocenters. The Kier molecular flexibility index (Phi) is 3.31. The fourth-order valence-electron chi connectivity index (χ4n) is 2.28. The number of carbonyl (C=O) groups is 1. The Balaban J connectivity index is 2.14. The van der Waals surface area contributed by atoms with Gasteiger partial charge in [-0.1, -0.05) is 17.7 Å². The highest BCUT2D eigenvalue weighted by atomic mass is 16.1. The smallest absolute Gasteiger partial charge is 0.153 e. The summed E-state index contributed by atoms with van der Waals surface area (Å²) in [5.41, 5.74) is 4.85. The number of aldehydes is 1. The second kappa shape index (κ2) is 5.28. The van der Waals surface area contributed by atoms with Crippen LogP contribution in [0.2, 0.25) is 0 Å². The number of rotatable bonds is 3. The zero-order valence-corrected chi connectivity index (χ0v) is 11.8. The number of carbonyl (C=O) groups excluding carboxylic acids is 1. The molecule has 0 saturated carbocycles. The Morgan fingerprint density at radius 2 is 2.05 bits per heavy atom. The van der Waals surface area contributed by atoms with Crippen molar-refractivity contribution >= 4 is 6.29 Å². The molecule has 3 aromatic rings. The summed E-state index contributed by atoms with van der Waals surface area (Å²) in [6, 6.07) is 6.10. The molecule has 5 heteroatoms. The standard InChI is InChI=1S/C16H14N4O/c1-11-3-4-15(12(2)7-11)20-9-13(10-21)16(19-20)14-8-17-5-6-18-14/h3-10H,1-2H3. The molecule has 0 aliphatic rings. The van der Waals surface area contributed by atoms with Gasteiger partial charge >= 0.3 is 0 Å². The Labute approximate surface area is 122 Å². The van der Waals surface area contributed by atoms with Crippen LogP contribution in [0, 0.1) is 13.8 Å². The van der Waals surface area contributed by atoms with Crippen LogP contribution in [0.4, 0.5) is 0 Å². The molecule has 0 spiro atoms. The molecule has 2 heterocycles. The number of aryl methyl sites for hydroxylation is 2. The highest BCUT2D eigenvalue weighted by molar-refractivity contribution is 5.84. The first-order valence-electron chi connectivity index (χ1n) is 6.58. The van der Waals surface area contributed by atoms with E-state index in [1.807, 2.05) is 26.0 Å². The second-order valence-electron chi connectivity index (χ2n) is 4.88. The van der Waals surface area contributed by atoms with Gasteiger partial charge in [-0.2, -0.15) is 5.10 Å². The van der Waals surface area contributed by atoms with Crippen molar-refractivity contribution in [2.75, 3.05) is 0 Å². The van der Waals surface area contributed by atoms with Crippen molar-refractivity contribution in [2.24, 2.45) is 0 Å². The lowest BCUT2D eigenvalue weighted by Crippen LogP contribution is -1.98. The minimum atomic E-state index is 0.496. The lowest BCUT2D eigenvalue weighted by Gasteiger charge is -2.06. The quantitative estimate of drug-likeness (QED) is 0.691. The van der Waals surface area contributed by atoms with Gasteiger partial charge in [-0.3, -0.25) is 14.8 Å². The molecule has 0 aliphatic carbocycles. The minimum Gasteiger partial charge on any atom is -0.298 e. The van der Waals surface area contributed by atoms with Crippen molar-refractivity contribution < 1.29 is 4.79 Å². The maximum absolute atomic E-state index is 11.3. The fraction of sp³-hybridized carbons (Fsp3) is 0.125. The van der Waals surface area contributed by atoms with Gasteiger partial charge in [0.05, 0.1) is 17.4 Å². The zero-order valence-electron chi connectivity index (χ0n) is 11.8. The monoisotopic (exact) mass is 278 g/mol. The first-order chi connectivity index (χ1) is 10.2. The van der Waals surface area contributed by atoms with Gasteiger partial charge < -0.3 is 0 Å². The molecule has 0 unspecified atom stereocenters. The topological polar surface area (TPSA) is 60.7 Å². The van der Waals surface area contributed by atoms with Gasteiger partial charge in [0.25, 0.3) is 0 Å². The third kappa shape index (κ3) is 2.45. The maximum Gasteiger partial charge on any atom is 0.153 e. The van der Waals surface area contributed by atoms with Crippen LogP contribution in [0.25, 0.3) is 17.1 Å². The van der Waals surface area contributed by atoms with Crippen molar-refractivity contribution in [3.8, 4) is 17.1 Å². The van der Waals surface area contributed by atoms with E-state index < -0.39 is 0 Å². The molecule has 0 saturated heterocycles. The molecular weight excluding hydrogens is 264 g/mol. The lowest BCUT2D eigenvalue weighted by molar-refractivity contribution is 0.112. The lowest BCUT2D eigenvalue weighted by atomic mass is 10.1. The third-order valence-corrected chi connectivity index (χ3v) is 3.27. The first-order valence-corrected chi connectivity index (χ1v) is 6.58. The van der Waals surface area contributed by atoms with Gasteiger partial charge in [0.2, 0.25) is 0 Å². The average Bonchev–Trinajstić information content (AvgIpc) is 2.92. The van der Waals surface area contributed by atoms with Crippen molar-refractivity contribution in [1.29, 1.82) is 0 Å². The van der Waals surface area contributed by atoms with Crippen molar-refractivity contribution in [2.45, 2.75) is 13.8 Å². The summed E-state index contributed by atoms with van der Waals surface area (Å²) in [6.45, 7) is 4.06. The van der Waals surface area contributed by atoms with E-state index in [4.69, 9.17) is 0 Å². The summed E-state index contributed by atoms with van der Waals surface area (Å²) < 4.78 is 1.71. The molecule has 104 valence electrons. The molecule has 0 aliphatic heterocycles. The van der Waals surface area contributed by atoms with Crippen LogP contribution in [0.1, 0.15) is 21.5 Å². The van der Waals surface area contributed by atoms with Gasteiger partial charge in [-0.15, -0.1) is 0 Å². The second-order valence-corrected chi connectivity index (χ2v) is 4.88. The Hall–Kier alpha value is -2.82. The number of nitrogens with zero attached hydrogens (tertiary/aromatic N) is 4. The maximum atomic E-state index is 11.3.